The highest BCUT2D eigenvalue weighted by Gasteiger charge is 2.19. The van der Waals surface area contributed by atoms with E-state index < -0.39 is 0 Å². The van der Waals surface area contributed by atoms with E-state index in [2.05, 4.69) is 23.9 Å². The second kappa shape index (κ2) is 6.20. The van der Waals surface area contributed by atoms with Crippen LogP contribution in [0.15, 0.2) is 24.3 Å². The number of carbonyl (C=O) groups excluding carboxylic acids is 1. The fourth-order valence-electron chi connectivity index (χ4n) is 2.83. The number of rotatable bonds is 4. The van der Waals surface area contributed by atoms with Gasteiger partial charge in [0.25, 0.3) is 0 Å². The number of para-hydroxylation sites is 1. The van der Waals surface area contributed by atoms with Gasteiger partial charge in [-0.1, -0.05) is 12.1 Å². The maximum Gasteiger partial charge on any atom is 0.161 e. The molecule has 0 amide bonds. The van der Waals surface area contributed by atoms with Crippen LogP contribution >= 0.6 is 0 Å². The maximum atomic E-state index is 11.7. The molecule has 0 radical (unpaired) electrons. The topological polar surface area (TPSA) is 23.6 Å². The molecule has 1 aromatic carbocycles. The van der Waals surface area contributed by atoms with Crippen molar-refractivity contribution in [2.24, 2.45) is 5.92 Å². The summed E-state index contributed by atoms with van der Waals surface area (Å²) in [5, 5.41) is 0. The Morgan fingerprint density at radius 2 is 1.95 bits per heavy atom. The molecule has 0 unspecified atom stereocenters. The number of anilines is 1. The first-order valence-corrected chi connectivity index (χ1v) is 7.07. The lowest BCUT2D eigenvalue weighted by Gasteiger charge is -2.33. The summed E-state index contributed by atoms with van der Waals surface area (Å²) in [6, 6.07) is 7.91. The van der Waals surface area contributed by atoms with Gasteiger partial charge in [0.15, 0.2) is 5.78 Å². The molecule has 1 fully saturated rings. The molecule has 0 aromatic heterocycles. The van der Waals surface area contributed by atoms with Crippen molar-refractivity contribution in [3.8, 4) is 0 Å². The van der Waals surface area contributed by atoms with Gasteiger partial charge in [-0.05, 0) is 58.0 Å². The second-order valence-corrected chi connectivity index (χ2v) is 5.70. The van der Waals surface area contributed by atoms with E-state index in [1.54, 1.807) is 6.92 Å². The van der Waals surface area contributed by atoms with Gasteiger partial charge < -0.3 is 9.80 Å². The zero-order valence-corrected chi connectivity index (χ0v) is 12.2. The molecule has 1 aliphatic heterocycles. The average Bonchev–Trinajstić information content (AvgIpc) is 2.41. The lowest BCUT2D eigenvalue weighted by molar-refractivity contribution is 0.101. The summed E-state index contributed by atoms with van der Waals surface area (Å²) in [5.74, 6) is 0.882. The van der Waals surface area contributed by atoms with Gasteiger partial charge in [-0.3, -0.25) is 4.79 Å². The van der Waals surface area contributed by atoms with Crippen LogP contribution in [0, 0.1) is 5.92 Å². The fraction of sp³-hybridized carbons (Fsp3) is 0.562. The van der Waals surface area contributed by atoms with Gasteiger partial charge in [0, 0.05) is 24.8 Å². The van der Waals surface area contributed by atoms with Crippen molar-refractivity contribution in [3.05, 3.63) is 29.8 Å². The standard InChI is InChI=1S/C16H24N2O/c1-13(19)15-6-4-5-7-16(15)18(3)12-14-8-10-17(2)11-9-14/h4-7,14H,8-12H2,1-3H3. The van der Waals surface area contributed by atoms with Crippen molar-refractivity contribution in [2.45, 2.75) is 19.8 Å². The molecule has 0 atom stereocenters. The van der Waals surface area contributed by atoms with Crippen molar-refractivity contribution in [2.75, 3.05) is 38.6 Å². The van der Waals surface area contributed by atoms with Crippen LogP contribution in [0.2, 0.25) is 0 Å². The Labute approximate surface area is 116 Å². The zero-order valence-electron chi connectivity index (χ0n) is 12.2. The number of carbonyl (C=O) groups is 1. The van der Waals surface area contributed by atoms with E-state index in [4.69, 9.17) is 0 Å². The van der Waals surface area contributed by atoms with Gasteiger partial charge in [-0.25, -0.2) is 0 Å². The van der Waals surface area contributed by atoms with Crippen molar-refractivity contribution in [3.63, 3.8) is 0 Å². The summed E-state index contributed by atoms with van der Waals surface area (Å²) in [6.07, 6.45) is 2.51. The highest BCUT2D eigenvalue weighted by molar-refractivity contribution is 5.99. The third-order valence-corrected chi connectivity index (χ3v) is 4.06. The van der Waals surface area contributed by atoms with E-state index in [1.807, 2.05) is 24.3 Å². The number of Topliss-reactive ketones (excluding diaryl/α,β-unsaturated/α-hetero) is 1. The molecule has 0 bridgehead atoms. The predicted molar refractivity (Wildman–Crippen MR) is 79.9 cm³/mol. The van der Waals surface area contributed by atoms with Gasteiger partial charge in [0.1, 0.15) is 0 Å². The number of hydrogen-bond donors (Lipinski definition) is 0. The van der Waals surface area contributed by atoms with Crippen LogP contribution in [-0.4, -0.2) is 44.4 Å². The van der Waals surface area contributed by atoms with E-state index in [1.165, 1.54) is 25.9 Å². The van der Waals surface area contributed by atoms with Crippen LogP contribution in [0.1, 0.15) is 30.1 Å². The summed E-state index contributed by atoms with van der Waals surface area (Å²) in [4.78, 5) is 16.3. The second-order valence-electron chi connectivity index (χ2n) is 5.70. The Balaban J connectivity index is 2.03. The number of benzene rings is 1. The molecule has 0 saturated carbocycles. The molecule has 0 aliphatic carbocycles. The summed E-state index contributed by atoms with van der Waals surface area (Å²) >= 11 is 0. The molecule has 1 heterocycles. The minimum Gasteiger partial charge on any atom is -0.374 e. The molecule has 1 saturated heterocycles. The van der Waals surface area contributed by atoms with Gasteiger partial charge in [0.05, 0.1) is 0 Å². The van der Waals surface area contributed by atoms with E-state index in [9.17, 15) is 4.79 Å². The molecular weight excluding hydrogens is 236 g/mol. The van der Waals surface area contributed by atoms with Crippen LogP contribution in [-0.2, 0) is 0 Å². The molecule has 3 nitrogen and oxygen atoms in total. The number of nitrogens with zero attached hydrogens (tertiary/aromatic N) is 2. The fourth-order valence-corrected chi connectivity index (χ4v) is 2.83. The summed E-state index contributed by atoms with van der Waals surface area (Å²) < 4.78 is 0. The molecular formula is C16H24N2O. The maximum absolute atomic E-state index is 11.7. The first kappa shape index (κ1) is 14.1. The highest BCUT2D eigenvalue weighted by Crippen LogP contribution is 2.23. The minimum absolute atomic E-state index is 0.144. The molecule has 19 heavy (non-hydrogen) atoms. The third kappa shape index (κ3) is 3.57. The first-order valence-electron chi connectivity index (χ1n) is 7.07. The Morgan fingerprint density at radius 1 is 1.32 bits per heavy atom. The molecule has 2 rings (SSSR count). The van der Waals surface area contributed by atoms with E-state index in [0.717, 1.165) is 23.7 Å². The summed E-state index contributed by atoms with van der Waals surface area (Å²) in [7, 11) is 4.28. The molecule has 3 heteroatoms. The van der Waals surface area contributed by atoms with Crippen LogP contribution in [0.4, 0.5) is 5.69 Å². The lowest BCUT2D eigenvalue weighted by atomic mass is 9.96. The molecule has 104 valence electrons. The Hall–Kier alpha value is -1.35. The molecule has 1 aliphatic rings. The van der Waals surface area contributed by atoms with Gasteiger partial charge in [0.2, 0.25) is 0 Å². The predicted octanol–water partition coefficient (Wildman–Crippen LogP) is 2.67. The minimum atomic E-state index is 0.144. The number of ketones is 1. The Morgan fingerprint density at radius 3 is 2.58 bits per heavy atom. The lowest BCUT2D eigenvalue weighted by Crippen LogP contribution is -2.36. The highest BCUT2D eigenvalue weighted by atomic mass is 16.1. The quantitative estimate of drug-likeness (QED) is 0.778. The van der Waals surface area contributed by atoms with Crippen LogP contribution in [0.3, 0.4) is 0 Å². The molecule has 0 spiro atoms. The first-order chi connectivity index (χ1) is 9.08. The largest absolute Gasteiger partial charge is 0.374 e. The Kier molecular flexibility index (Phi) is 4.59. The number of piperidine rings is 1. The van der Waals surface area contributed by atoms with Crippen LogP contribution in [0.5, 0.6) is 0 Å². The van der Waals surface area contributed by atoms with Gasteiger partial charge in [-0.2, -0.15) is 0 Å². The van der Waals surface area contributed by atoms with Crippen molar-refractivity contribution >= 4 is 11.5 Å². The summed E-state index contributed by atoms with van der Waals surface area (Å²) in [6.45, 7) is 5.06. The zero-order chi connectivity index (χ0) is 13.8. The van der Waals surface area contributed by atoms with Crippen molar-refractivity contribution < 1.29 is 4.79 Å². The summed E-state index contributed by atoms with van der Waals surface area (Å²) in [5.41, 5.74) is 1.90. The number of likely N-dealkylation sites (tertiary alicyclic amines) is 1. The normalized spacial score (nSPS) is 17.4. The van der Waals surface area contributed by atoms with Crippen LogP contribution in [0.25, 0.3) is 0 Å². The Bertz CT molecular complexity index is 436. The third-order valence-electron chi connectivity index (χ3n) is 4.06. The van der Waals surface area contributed by atoms with E-state index in [0.29, 0.717) is 0 Å². The van der Waals surface area contributed by atoms with Crippen LogP contribution < -0.4 is 4.90 Å². The SMILES string of the molecule is CC(=O)c1ccccc1N(C)CC1CCN(C)CC1. The van der Waals surface area contributed by atoms with Crippen molar-refractivity contribution in [1.82, 2.24) is 4.90 Å². The molecule has 0 N–H and O–H groups in total. The van der Waals surface area contributed by atoms with E-state index >= 15 is 0 Å². The van der Waals surface area contributed by atoms with Gasteiger partial charge >= 0.3 is 0 Å². The van der Waals surface area contributed by atoms with E-state index in [-0.39, 0.29) is 5.78 Å². The van der Waals surface area contributed by atoms with Crippen molar-refractivity contribution in [1.29, 1.82) is 0 Å². The molecule has 1 aromatic rings. The number of hydrogen-bond acceptors (Lipinski definition) is 3. The monoisotopic (exact) mass is 260 g/mol. The smallest absolute Gasteiger partial charge is 0.161 e. The average molecular weight is 260 g/mol. The van der Waals surface area contributed by atoms with Gasteiger partial charge in [-0.15, -0.1) is 0 Å².